The van der Waals surface area contributed by atoms with Gasteiger partial charge in [0.25, 0.3) is 0 Å². The lowest BCUT2D eigenvalue weighted by Gasteiger charge is -2.34. The molecule has 0 spiro atoms. The maximum atomic E-state index is 12.6. The van der Waals surface area contributed by atoms with Crippen molar-refractivity contribution < 1.29 is 4.79 Å². The van der Waals surface area contributed by atoms with Crippen LogP contribution in [0.2, 0.25) is 0 Å². The summed E-state index contributed by atoms with van der Waals surface area (Å²) in [4.78, 5) is 28.8. The monoisotopic (exact) mass is 377 g/mol. The summed E-state index contributed by atoms with van der Waals surface area (Å²) >= 11 is 3.43. The van der Waals surface area contributed by atoms with Crippen molar-refractivity contribution in [2.45, 2.75) is 13.5 Å². The Labute approximate surface area is 143 Å². The van der Waals surface area contributed by atoms with Gasteiger partial charge in [0.2, 0.25) is 5.91 Å². The molecule has 0 bridgehead atoms. The first-order valence-electron chi connectivity index (χ1n) is 7.87. The molecule has 1 aliphatic heterocycles. The summed E-state index contributed by atoms with van der Waals surface area (Å²) in [6.07, 6.45) is 1.71. The fraction of sp³-hybridized carbons (Fsp3) is 0.412. The van der Waals surface area contributed by atoms with Crippen LogP contribution in [0, 0.1) is 0 Å². The molecule has 0 N–H and O–H groups in total. The molecule has 1 fully saturated rings. The van der Waals surface area contributed by atoms with Crippen LogP contribution in [0.4, 0.5) is 0 Å². The lowest BCUT2D eigenvalue weighted by Crippen LogP contribution is -2.49. The largest absolute Gasteiger partial charge is 0.339 e. The molecule has 0 atom stereocenters. The standard InChI is InChI=1S/C17H20BrN3O2/c1-2-19-7-9-20(10-8-19)17(23)12-21-6-5-16(22)14-4-3-13(18)11-15(14)21/h3-6,11H,2,7-10,12H2,1H3. The highest BCUT2D eigenvalue weighted by Gasteiger charge is 2.20. The number of rotatable bonds is 3. The van der Waals surface area contributed by atoms with Gasteiger partial charge >= 0.3 is 0 Å². The van der Waals surface area contributed by atoms with Crippen molar-refractivity contribution in [1.29, 1.82) is 0 Å². The van der Waals surface area contributed by atoms with E-state index in [2.05, 4.69) is 27.8 Å². The van der Waals surface area contributed by atoms with E-state index in [0.717, 1.165) is 42.7 Å². The summed E-state index contributed by atoms with van der Waals surface area (Å²) in [7, 11) is 0. The first-order chi connectivity index (χ1) is 11.1. The maximum Gasteiger partial charge on any atom is 0.242 e. The van der Waals surface area contributed by atoms with E-state index in [0.29, 0.717) is 5.39 Å². The van der Waals surface area contributed by atoms with Crippen molar-refractivity contribution in [3.63, 3.8) is 0 Å². The number of pyridine rings is 1. The van der Waals surface area contributed by atoms with Crippen molar-refractivity contribution in [3.8, 4) is 0 Å². The first kappa shape index (κ1) is 16.2. The van der Waals surface area contributed by atoms with Crippen LogP contribution in [0.3, 0.4) is 0 Å². The Kier molecular flexibility index (Phi) is 4.82. The van der Waals surface area contributed by atoms with Crippen LogP contribution in [0.25, 0.3) is 10.9 Å². The molecule has 0 saturated carbocycles. The Morgan fingerprint density at radius 3 is 2.61 bits per heavy atom. The van der Waals surface area contributed by atoms with Crippen LogP contribution in [0.15, 0.2) is 39.7 Å². The van der Waals surface area contributed by atoms with Gasteiger partial charge < -0.3 is 14.4 Å². The summed E-state index contributed by atoms with van der Waals surface area (Å²) in [5.74, 6) is 0.102. The van der Waals surface area contributed by atoms with Crippen molar-refractivity contribution in [2.24, 2.45) is 0 Å². The fourth-order valence-electron chi connectivity index (χ4n) is 2.98. The summed E-state index contributed by atoms with van der Waals surface area (Å²) in [6, 6.07) is 7.06. The van der Waals surface area contributed by atoms with Gasteiger partial charge in [0.1, 0.15) is 6.54 Å². The highest BCUT2D eigenvalue weighted by molar-refractivity contribution is 9.10. The molecule has 1 saturated heterocycles. The Bertz CT molecular complexity index is 779. The average Bonchev–Trinajstić information content (AvgIpc) is 2.57. The second-order valence-corrected chi connectivity index (χ2v) is 6.70. The normalized spacial score (nSPS) is 16.0. The molecule has 2 aromatic rings. The molecule has 1 aliphatic rings. The minimum Gasteiger partial charge on any atom is -0.339 e. The van der Waals surface area contributed by atoms with Crippen molar-refractivity contribution in [1.82, 2.24) is 14.4 Å². The van der Waals surface area contributed by atoms with E-state index in [1.165, 1.54) is 6.07 Å². The molecule has 2 heterocycles. The van der Waals surface area contributed by atoms with Crippen molar-refractivity contribution >= 4 is 32.7 Å². The molecule has 1 amide bonds. The third-order valence-corrected chi connectivity index (χ3v) is 4.91. The number of amides is 1. The molecule has 0 aliphatic carbocycles. The van der Waals surface area contributed by atoms with Gasteiger partial charge in [-0.2, -0.15) is 0 Å². The van der Waals surface area contributed by atoms with E-state index < -0.39 is 0 Å². The molecular formula is C17H20BrN3O2. The number of aromatic nitrogens is 1. The summed E-state index contributed by atoms with van der Waals surface area (Å²) < 4.78 is 2.75. The predicted octanol–water partition coefficient (Wildman–Crippen LogP) is 1.93. The van der Waals surface area contributed by atoms with Gasteiger partial charge in [0, 0.05) is 48.3 Å². The number of halogens is 1. The number of fused-ring (bicyclic) bond motifs is 1. The smallest absolute Gasteiger partial charge is 0.242 e. The zero-order chi connectivity index (χ0) is 16.4. The number of benzene rings is 1. The van der Waals surface area contributed by atoms with Crippen LogP contribution >= 0.6 is 15.9 Å². The van der Waals surface area contributed by atoms with Gasteiger partial charge in [-0.25, -0.2) is 0 Å². The van der Waals surface area contributed by atoms with Gasteiger partial charge in [-0.05, 0) is 24.7 Å². The number of piperazine rings is 1. The van der Waals surface area contributed by atoms with Crippen LogP contribution in [0.1, 0.15) is 6.92 Å². The highest BCUT2D eigenvalue weighted by Crippen LogP contribution is 2.17. The first-order valence-corrected chi connectivity index (χ1v) is 8.66. The zero-order valence-corrected chi connectivity index (χ0v) is 14.8. The van der Waals surface area contributed by atoms with E-state index in [1.54, 1.807) is 12.3 Å². The van der Waals surface area contributed by atoms with Crippen LogP contribution < -0.4 is 5.43 Å². The molecule has 1 aromatic carbocycles. The fourth-order valence-corrected chi connectivity index (χ4v) is 3.32. The topological polar surface area (TPSA) is 45.5 Å². The lowest BCUT2D eigenvalue weighted by atomic mass is 10.2. The van der Waals surface area contributed by atoms with E-state index in [1.807, 2.05) is 21.6 Å². The van der Waals surface area contributed by atoms with Crippen LogP contribution in [0.5, 0.6) is 0 Å². The van der Waals surface area contributed by atoms with Crippen molar-refractivity contribution in [3.05, 3.63) is 45.2 Å². The second-order valence-electron chi connectivity index (χ2n) is 5.78. The molecule has 1 aromatic heterocycles. The molecule has 0 unspecified atom stereocenters. The van der Waals surface area contributed by atoms with E-state index in [-0.39, 0.29) is 17.9 Å². The van der Waals surface area contributed by atoms with Gasteiger partial charge in [0.05, 0.1) is 5.52 Å². The summed E-state index contributed by atoms with van der Waals surface area (Å²) in [6.45, 7) is 6.84. The SMILES string of the molecule is CCN1CCN(C(=O)Cn2ccc(=O)c3ccc(Br)cc32)CC1. The molecule has 122 valence electrons. The van der Waals surface area contributed by atoms with Gasteiger partial charge in [0.15, 0.2) is 5.43 Å². The number of carbonyl (C=O) groups excluding carboxylic acids is 1. The number of carbonyl (C=O) groups is 1. The zero-order valence-electron chi connectivity index (χ0n) is 13.2. The minimum absolute atomic E-state index is 0.0206. The molecule has 3 rings (SSSR count). The van der Waals surface area contributed by atoms with E-state index in [9.17, 15) is 9.59 Å². The number of hydrogen-bond donors (Lipinski definition) is 0. The van der Waals surface area contributed by atoms with Crippen molar-refractivity contribution in [2.75, 3.05) is 32.7 Å². The predicted molar refractivity (Wildman–Crippen MR) is 94.6 cm³/mol. The quantitative estimate of drug-likeness (QED) is 0.820. The molecule has 6 heteroatoms. The molecule has 23 heavy (non-hydrogen) atoms. The summed E-state index contributed by atoms with van der Waals surface area (Å²) in [5, 5.41) is 0.638. The number of nitrogens with zero attached hydrogens (tertiary/aromatic N) is 3. The van der Waals surface area contributed by atoms with Gasteiger partial charge in [-0.15, -0.1) is 0 Å². The molecular weight excluding hydrogens is 358 g/mol. The second kappa shape index (κ2) is 6.84. The Morgan fingerprint density at radius 1 is 1.17 bits per heavy atom. The highest BCUT2D eigenvalue weighted by atomic mass is 79.9. The van der Waals surface area contributed by atoms with Gasteiger partial charge in [-0.3, -0.25) is 9.59 Å². The number of likely N-dealkylation sites (N-methyl/N-ethyl adjacent to an activating group) is 1. The van der Waals surface area contributed by atoms with Crippen LogP contribution in [-0.2, 0) is 11.3 Å². The van der Waals surface area contributed by atoms with E-state index >= 15 is 0 Å². The molecule has 0 radical (unpaired) electrons. The number of hydrogen-bond acceptors (Lipinski definition) is 3. The average molecular weight is 378 g/mol. The maximum absolute atomic E-state index is 12.6. The van der Waals surface area contributed by atoms with Gasteiger partial charge in [-0.1, -0.05) is 22.9 Å². The molecule has 5 nitrogen and oxygen atoms in total. The Morgan fingerprint density at radius 2 is 1.91 bits per heavy atom. The third kappa shape index (κ3) is 3.48. The summed E-state index contributed by atoms with van der Waals surface area (Å²) in [5.41, 5.74) is 0.764. The van der Waals surface area contributed by atoms with Crippen LogP contribution in [-0.4, -0.2) is 53.0 Å². The Hall–Kier alpha value is -1.66. The van der Waals surface area contributed by atoms with E-state index in [4.69, 9.17) is 0 Å². The minimum atomic E-state index is -0.0206. The Balaban J connectivity index is 1.82. The lowest BCUT2D eigenvalue weighted by molar-refractivity contribution is -0.133. The third-order valence-electron chi connectivity index (χ3n) is 4.42.